The minimum Gasteiger partial charge on any atom is -0.350 e. The zero-order valence-electron chi connectivity index (χ0n) is 17.9. The Kier molecular flexibility index (Phi) is 5.89. The highest BCUT2D eigenvalue weighted by atomic mass is 16.2. The number of carbonyl (C=O) groups is 1. The van der Waals surface area contributed by atoms with E-state index in [0.29, 0.717) is 29.8 Å². The molecule has 0 aliphatic heterocycles. The Hall–Kier alpha value is -3.80. The zero-order chi connectivity index (χ0) is 21.8. The highest BCUT2D eigenvalue weighted by molar-refractivity contribution is 5.97. The third-order valence-electron chi connectivity index (χ3n) is 5.11. The molecule has 6 nitrogen and oxygen atoms in total. The fraction of sp³-hybridized carbons (Fsp3) is 0.200. The van der Waals surface area contributed by atoms with Crippen LogP contribution in [0.5, 0.6) is 0 Å². The maximum absolute atomic E-state index is 13.2. The first-order valence-electron chi connectivity index (χ1n) is 10.3. The number of hydrogen-bond acceptors (Lipinski definition) is 5. The van der Waals surface area contributed by atoms with Gasteiger partial charge in [0.05, 0.1) is 0 Å². The Morgan fingerprint density at radius 3 is 2.42 bits per heavy atom. The number of aryl methyl sites for hydroxylation is 1. The summed E-state index contributed by atoms with van der Waals surface area (Å²) in [6, 6.07) is 19.6. The van der Waals surface area contributed by atoms with Gasteiger partial charge in [0, 0.05) is 30.1 Å². The van der Waals surface area contributed by atoms with E-state index in [4.69, 9.17) is 0 Å². The van der Waals surface area contributed by atoms with Gasteiger partial charge in [0.1, 0.15) is 0 Å². The van der Waals surface area contributed by atoms with Gasteiger partial charge in [-0.05, 0) is 48.2 Å². The summed E-state index contributed by atoms with van der Waals surface area (Å²) in [4.78, 5) is 21.9. The monoisotopic (exact) mass is 411 g/mol. The molecule has 31 heavy (non-hydrogen) atoms. The molecule has 4 rings (SSSR count). The minimum atomic E-state index is -0.236. The molecule has 0 saturated heterocycles. The van der Waals surface area contributed by atoms with Crippen molar-refractivity contribution >= 4 is 11.9 Å². The fourth-order valence-electron chi connectivity index (χ4n) is 3.21. The molecule has 0 spiro atoms. The lowest BCUT2D eigenvalue weighted by atomic mass is 10.0. The molecule has 0 fully saturated rings. The second-order valence-corrected chi connectivity index (χ2v) is 7.83. The summed E-state index contributed by atoms with van der Waals surface area (Å²) in [7, 11) is 0. The van der Waals surface area contributed by atoms with Crippen molar-refractivity contribution in [3.05, 3.63) is 95.3 Å². The summed E-state index contributed by atoms with van der Waals surface area (Å²) >= 11 is 0. The van der Waals surface area contributed by atoms with Crippen molar-refractivity contribution in [1.29, 1.82) is 0 Å². The first-order chi connectivity index (χ1) is 15.0. The van der Waals surface area contributed by atoms with Crippen LogP contribution in [0.25, 0.3) is 11.4 Å². The van der Waals surface area contributed by atoms with Crippen LogP contribution in [0.4, 0.5) is 5.95 Å². The summed E-state index contributed by atoms with van der Waals surface area (Å²) < 4.78 is 1.33. The normalized spacial score (nSPS) is 11.0. The van der Waals surface area contributed by atoms with E-state index in [9.17, 15) is 4.79 Å². The Balaban J connectivity index is 1.63. The van der Waals surface area contributed by atoms with E-state index in [-0.39, 0.29) is 5.91 Å². The lowest BCUT2D eigenvalue weighted by molar-refractivity contribution is 0.0947. The molecule has 0 atom stereocenters. The van der Waals surface area contributed by atoms with Gasteiger partial charge in [-0.2, -0.15) is 9.67 Å². The minimum absolute atomic E-state index is 0.236. The molecule has 0 amide bonds. The predicted octanol–water partition coefficient (Wildman–Crippen LogP) is 5.07. The number of carbonyl (C=O) groups excluding carboxylic acids is 1. The summed E-state index contributed by atoms with van der Waals surface area (Å²) in [5, 5.41) is 7.76. The topological polar surface area (TPSA) is 72.7 Å². The van der Waals surface area contributed by atoms with Gasteiger partial charge in [-0.3, -0.25) is 9.78 Å². The number of aromatic nitrogens is 4. The lowest BCUT2D eigenvalue weighted by Crippen LogP contribution is -2.17. The quantitative estimate of drug-likeness (QED) is 0.479. The van der Waals surface area contributed by atoms with Crippen molar-refractivity contribution in [1.82, 2.24) is 19.7 Å². The predicted molar refractivity (Wildman–Crippen MR) is 122 cm³/mol. The third kappa shape index (κ3) is 4.69. The van der Waals surface area contributed by atoms with Crippen LogP contribution in [0.2, 0.25) is 0 Å². The largest absolute Gasteiger partial charge is 0.350 e. The Morgan fingerprint density at radius 1 is 1.03 bits per heavy atom. The molecule has 0 unspecified atom stereocenters. The van der Waals surface area contributed by atoms with Gasteiger partial charge < -0.3 is 5.32 Å². The molecule has 0 bridgehead atoms. The van der Waals surface area contributed by atoms with Crippen molar-refractivity contribution in [3.63, 3.8) is 0 Å². The number of hydrogen-bond donors (Lipinski definition) is 1. The molecule has 156 valence electrons. The maximum Gasteiger partial charge on any atom is 0.281 e. The van der Waals surface area contributed by atoms with Gasteiger partial charge in [0.15, 0.2) is 5.82 Å². The fourth-order valence-corrected chi connectivity index (χ4v) is 3.21. The Bertz CT molecular complexity index is 1160. The van der Waals surface area contributed by atoms with E-state index >= 15 is 0 Å². The molecule has 0 aliphatic carbocycles. The molecule has 2 heterocycles. The van der Waals surface area contributed by atoms with Crippen LogP contribution in [-0.4, -0.2) is 25.7 Å². The van der Waals surface area contributed by atoms with E-state index in [1.165, 1.54) is 10.2 Å². The van der Waals surface area contributed by atoms with Crippen LogP contribution in [0.1, 0.15) is 46.8 Å². The highest BCUT2D eigenvalue weighted by Crippen LogP contribution is 2.20. The van der Waals surface area contributed by atoms with Crippen molar-refractivity contribution in [2.75, 3.05) is 5.32 Å². The Labute approximate surface area is 182 Å². The molecular formula is C25H25N5O. The number of nitrogens with zero attached hydrogens (tertiary/aromatic N) is 4. The second kappa shape index (κ2) is 8.92. The third-order valence-corrected chi connectivity index (χ3v) is 5.11. The van der Waals surface area contributed by atoms with Crippen molar-refractivity contribution in [3.8, 4) is 11.4 Å². The number of nitrogens with one attached hydrogen (secondary N) is 1. The van der Waals surface area contributed by atoms with Crippen LogP contribution in [0.15, 0.2) is 73.1 Å². The zero-order valence-corrected chi connectivity index (χ0v) is 17.9. The maximum atomic E-state index is 13.2. The molecule has 2 aromatic heterocycles. The average Bonchev–Trinajstić information content (AvgIpc) is 3.23. The summed E-state index contributed by atoms with van der Waals surface area (Å²) in [6.45, 7) is 6.87. The number of anilines is 1. The van der Waals surface area contributed by atoms with Crippen molar-refractivity contribution in [2.24, 2.45) is 0 Å². The standard InChI is InChI=1S/C25H25N5O/c1-17(2)20-12-8-19(9-13-20)15-27-25-28-23(22-5-4-14-26-16-22)29-30(25)24(31)21-10-6-18(3)7-11-21/h4-14,16-17H,15H2,1-3H3,(H,27,28,29). The van der Waals surface area contributed by atoms with Crippen LogP contribution < -0.4 is 5.32 Å². The molecular weight excluding hydrogens is 386 g/mol. The van der Waals surface area contributed by atoms with Crippen molar-refractivity contribution < 1.29 is 4.79 Å². The molecule has 2 aromatic carbocycles. The van der Waals surface area contributed by atoms with Gasteiger partial charge in [-0.25, -0.2) is 0 Å². The smallest absolute Gasteiger partial charge is 0.281 e. The summed E-state index contributed by atoms with van der Waals surface area (Å²) in [5.74, 6) is 1.10. The number of pyridine rings is 1. The average molecular weight is 412 g/mol. The Morgan fingerprint density at radius 2 is 1.77 bits per heavy atom. The second-order valence-electron chi connectivity index (χ2n) is 7.83. The van der Waals surface area contributed by atoms with Crippen LogP contribution in [0.3, 0.4) is 0 Å². The van der Waals surface area contributed by atoms with E-state index in [0.717, 1.165) is 16.7 Å². The van der Waals surface area contributed by atoms with Gasteiger partial charge >= 0.3 is 0 Å². The molecule has 4 aromatic rings. The van der Waals surface area contributed by atoms with E-state index < -0.39 is 0 Å². The molecule has 0 aliphatic rings. The van der Waals surface area contributed by atoms with Crippen LogP contribution in [0, 0.1) is 6.92 Å². The van der Waals surface area contributed by atoms with Gasteiger partial charge in [-0.1, -0.05) is 55.8 Å². The molecule has 0 saturated carbocycles. The first kappa shape index (κ1) is 20.5. The van der Waals surface area contributed by atoms with Gasteiger partial charge in [0.25, 0.3) is 5.91 Å². The highest BCUT2D eigenvalue weighted by Gasteiger charge is 2.19. The van der Waals surface area contributed by atoms with E-state index in [1.54, 1.807) is 24.5 Å². The lowest BCUT2D eigenvalue weighted by Gasteiger charge is -2.09. The summed E-state index contributed by atoms with van der Waals surface area (Å²) in [5.41, 5.74) is 4.79. The SMILES string of the molecule is Cc1ccc(C(=O)n2nc(-c3cccnc3)nc2NCc2ccc(C(C)C)cc2)cc1. The van der Waals surface area contributed by atoms with E-state index in [1.807, 2.05) is 31.2 Å². The number of benzene rings is 2. The van der Waals surface area contributed by atoms with Crippen molar-refractivity contribution in [2.45, 2.75) is 33.2 Å². The molecule has 6 heteroatoms. The van der Waals surface area contributed by atoms with Crippen LogP contribution in [-0.2, 0) is 6.54 Å². The summed E-state index contributed by atoms with van der Waals surface area (Å²) in [6.07, 6.45) is 3.38. The molecule has 1 N–H and O–H groups in total. The molecule has 0 radical (unpaired) electrons. The van der Waals surface area contributed by atoms with Gasteiger partial charge in [0.2, 0.25) is 5.95 Å². The first-order valence-corrected chi connectivity index (χ1v) is 10.3. The van der Waals surface area contributed by atoms with Gasteiger partial charge in [-0.15, -0.1) is 5.10 Å². The number of rotatable bonds is 6. The van der Waals surface area contributed by atoms with Crippen LogP contribution >= 0.6 is 0 Å². The van der Waals surface area contributed by atoms with E-state index in [2.05, 4.69) is 58.5 Å².